The highest BCUT2D eigenvalue weighted by molar-refractivity contribution is 5.22. The number of nitrogens with one attached hydrogen (secondary N) is 1. The van der Waals surface area contributed by atoms with Gasteiger partial charge >= 0.3 is 0 Å². The average molecular weight is 274 g/mol. The summed E-state index contributed by atoms with van der Waals surface area (Å²) in [5.74, 6) is 0. The number of hydrogen-bond acceptors (Lipinski definition) is 2. The second kappa shape index (κ2) is 5.87. The van der Waals surface area contributed by atoms with E-state index in [0.717, 1.165) is 19.6 Å². The van der Waals surface area contributed by atoms with Crippen molar-refractivity contribution in [2.45, 2.75) is 65.1 Å². The molecule has 0 unspecified atom stereocenters. The van der Waals surface area contributed by atoms with Gasteiger partial charge in [0.05, 0.1) is 0 Å². The van der Waals surface area contributed by atoms with Gasteiger partial charge in [-0.05, 0) is 39.2 Å². The second-order valence-electron chi connectivity index (χ2n) is 7.01. The Morgan fingerprint density at radius 3 is 2.25 bits per heavy atom. The number of hydrogen-bond donors (Lipinski definition) is 1. The zero-order valence-electron chi connectivity index (χ0n) is 13.8. The van der Waals surface area contributed by atoms with E-state index >= 15 is 0 Å². The lowest BCUT2D eigenvalue weighted by Crippen LogP contribution is -2.67. The molecule has 1 aliphatic rings. The maximum atomic E-state index is 3.73. The van der Waals surface area contributed by atoms with Gasteiger partial charge in [0.2, 0.25) is 0 Å². The first-order valence-electron chi connectivity index (χ1n) is 7.96. The number of piperazine rings is 1. The summed E-state index contributed by atoms with van der Waals surface area (Å²) in [7, 11) is 0. The zero-order valence-corrected chi connectivity index (χ0v) is 13.8. The quantitative estimate of drug-likeness (QED) is 0.900. The predicted octanol–water partition coefficient (Wildman–Crippen LogP) is 3.74. The van der Waals surface area contributed by atoms with Crippen molar-refractivity contribution in [2.24, 2.45) is 0 Å². The molecule has 0 bridgehead atoms. The van der Waals surface area contributed by atoms with Gasteiger partial charge in [-0.25, -0.2) is 0 Å². The molecule has 1 fully saturated rings. The fourth-order valence-corrected chi connectivity index (χ4v) is 3.30. The Balaban J connectivity index is 2.21. The van der Waals surface area contributed by atoms with Crippen LogP contribution in [0.25, 0.3) is 0 Å². The summed E-state index contributed by atoms with van der Waals surface area (Å²) in [6, 6.07) is 9.01. The van der Waals surface area contributed by atoms with Crippen LogP contribution in [-0.4, -0.2) is 29.1 Å². The van der Waals surface area contributed by atoms with Crippen LogP contribution >= 0.6 is 0 Å². The molecule has 1 saturated heterocycles. The number of rotatable bonds is 4. The molecule has 0 radical (unpaired) electrons. The highest BCUT2D eigenvalue weighted by Gasteiger charge is 2.41. The Morgan fingerprint density at radius 2 is 1.70 bits per heavy atom. The molecule has 20 heavy (non-hydrogen) atoms. The molecule has 0 aliphatic carbocycles. The van der Waals surface area contributed by atoms with Crippen LogP contribution in [0.4, 0.5) is 0 Å². The predicted molar refractivity (Wildman–Crippen MR) is 87.0 cm³/mol. The zero-order chi connectivity index (χ0) is 14.8. The van der Waals surface area contributed by atoms with Crippen molar-refractivity contribution < 1.29 is 0 Å². The van der Waals surface area contributed by atoms with E-state index in [0.29, 0.717) is 5.54 Å². The van der Waals surface area contributed by atoms with Crippen LogP contribution in [-0.2, 0) is 6.54 Å². The van der Waals surface area contributed by atoms with Crippen molar-refractivity contribution in [2.75, 3.05) is 13.1 Å². The van der Waals surface area contributed by atoms with Crippen LogP contribution in [0, 0.1) is 6.92 Å². The molecule has 0 amide bonds. The first kappa shape index (κ1) is 15.5. The number of aryl methyl sites for hydroxylation is 1. The lowest BCUT2D eigenvalue weighted by atomic mass is 9.84. The lowest BCUT2D eigenvalue weighted by Gasteiger charge is -2.52. The van der Waals surface area contributed by atoms with Crippen molar-refractivity contribution in [1.29, 1.82) is 0 Å². The fraction of sp³-hybridized carbons (Fsp3) is 0.667. The van der Waals surface area contributed by atoms with Gasteiger partial charge in [0, 0.05) is 30.7 Å². The summed E-state index contributed by atoms with van der Waals surface area (Å²) in [6.45, 7) is 14.7. The van der Waals surface area contributed by atoms with Crippen LogP contribution in [0.2, 0.25) is 0 Å². The second-order valence-corrected chi connectivity index (χ2v) is 7.01. The van der Waals surface area contributed by atoms with Crippen molar-refractivity contribution in [1.82, 2.24) is 10.2 Å². The van der Waals surface area contributed by atoms with Gasteiger partial charge in [-0.3, -0.25) is 4.90 Å². The summed E-state index contributed by atoms with van der Waals surface area (Å²) in [5, 5.41) is 3.73. The van der Waals surface area contributed by atoms with Gasteiger partial charge in [-0.2, -0.15) is 0 Å². The van der Waals surface area contributed by atoms with Crippen LogP contribution in [0.15, 0.2) is 24.3 Å². The molecular weight excluding hydrogens is 244 g/mol. The highest BCUT2D eigenvalue weighted by atomic mass is 15.3. The summed E-state index contributed by atoms with van der Waals surface area (Å²) < 4.78 is 0. The molecule has 1 aromatic carbocycles. The smallest absolute Gasteiger partial charge is 0.0333 e. The Kier molecular flexibility index (Phi) is 4.55. The molecule has 0 aromatic heterocycles. The molecule has 1 aliphatic heterocycles. The molecule has 0 spiro atoms. The molecule has 2 nitrogen and oxygen atoms in total. The molecule has 0 saturated carbocycles. The first-order valence-corrected chi connectivity index (χ1v) is 7.96. The topological polar surface area (TPSA) is 15.3 Å². The van der Waals surface area contributed by atoms with Crippen molar-refractivity contribution in [3.05, 3.63) is 35.4 Å². The fourth-order valence-electron chi connectivity index (χ4n) is 3.30. The summed E-state index contributed by atoms with van der Waals surface area (Å²) in [6.07, 6.45) is 2.41. The lowest BCUT2D eigenvalue weighted by molar-refractivity contribution is 0.00233. The molecular formula is C18H30N2. The highest BCUT2D eigenvalue weighted by Crippen LogP contribution is 2.31. The summed E-state index contributed by atoms with van der Waals surface area (Å²) in [4.78, 5) is 2.70. The number of nitrogens with zero attached hydrogens (tertiary/aromatic N) is 1. The molecule has 2 rings (SSSR count). The van der Waals surface area contributed by atoms with Crippen LogP contribution in [0.1, 0.15) is 51.7 Å². The van der Waals surface area contributed by atoms with E-state index in [-0.39, 0.29) is 5.54 Å². The van der Waals surface area contributed by atoms with Crippen molar-refractivity contribution in [3.63, 3.8) is 0 Å². The molecule has 1 N–H and O–H groups in total. The van der Waals surface area contributed by atoms with Gasteiger partial charge < -0.3 is 5.32 Å². The third-order valence-corrected chi connectivity index (χ3v) is 4.96. The Morgan fingerprint density at radius 1 is 1.10 bits per heavy atom. The SMILES string of the molecule is CCC1(CC)CNC(C)(C)CN1Cc1ccc(C)cc1. The van der Waals surface area contributed by atoms with Gasteiger partial charge in [-0.15, -0.1) is 0 Å². The first-order chi connectivity index (χ1) is 9.41. The molecule has 1 heterocycles. The maximum Gasteiger partial charge on any atom is 0.0333 e. The van der Waals surface area contributed by atoms with Gasteiger partial charge in [-0.1, -0.05) is 43.7 Å². The van der Waals surface area contributed by atoms with E-state index in [2.05, 4.69) is 69.1 Å². The third-order valence-electron chi connectivity index (χ3n) is 4.96. The third kappa shape index (κ3) is 3.24. The standard InChI is InChI=1S/C18H30N2/c1-6-18(7-2)13-19-17(4,5)14-20(18)12-16-10-8-15(3)9-11-16/h8-11,19H,6-7,12-14H2,1-5H3. The maximum absolute atomic E-state index is 3.73. The minimum Gasteiger partial charge on any atom is -0.309 e. The molecule has 1 aromatic rings. The van der Waals surface area contributed by atoms with E-state index in [1.165, 1.54) is 24.0 Å². The molecule has 0 atom stereocenters. The van der Waals surface area contributed by atoms with Crippen molar-refractivity contribution in [3.8, 4) is 0 Å². The summed E-state index contributed by atoms with van der Waals surface area (Å²) in [5.41, 5.74) is 3.28. The monoisotopic (exact) mass is 274 g/mol. The number of benzene rings is 1. The minimum absolute atomic E-state index is 0.207. The Labute approximate surface area is 124 Å². The van der Waals surface area contributed by atoms with E-state index in [1.54, 1.807) is 0 Å². The normalized spacial score (nSPS) is 21.9. The summed E-state index contributed by atoms with van der Waals surface area (Å²) >= 11 is 0. The van der Waals surface area contributed by atoms with E-state index < -0.39 is 0 Å². The molecule has 2 heteroatoms. The van der Waals surface area contributed by atoms with Crippen molar-refractivity contribution >= 4 is 0 Å². The van der Waals surface area contributed by atoms with E-state index in [1.807, 2.05) is 0 Å². The average Bonchev–Trinajstić information content (AvgIpc) is 2.42. The Hall–Kier alpha value is -0.860. The molecule has 112 valence electrons. The van der Waals surface area contributed by atoms with Gasteiger partial charge in [0.1, 0.15) is 0 Å². The Bertz CT molecular complexity index is 429. The van der Waals surface area contributed by atoms with E-state index in [4.69, 9.17) is 0 Å². The van der Waals surface area contributed by atoms with Crippen LogP contribution in [0.3, 0.4) is 0 Å². The van der Waals surface area contributed by atoms with Gasteiger partial charge in [0.15, 0.2) is 0 Å². The van der Waals surface area contributed by atoms with Gasteiger partial charge in [0.25, 0.3) is 0 Å². The van der Waals surface area contributed by atoms with Crippen LogP contribution < -0.4 is 5.32 Å². The van der Waals surface area contributed by atoms with Crippen LogP contribution in [0.5, 0.6) is 0 Å². The largest absolute Gasteiger partial charge is 0.309 e. The van der Waals surface area contributed by atoms with E-state index in [9.17, 15) is 0 Å². The minimum atomic E-state index is 0.207.